The molecule has 0 aliphatic heterocycles. The van der Waals surface area contributed by atoms with Crippen LogP contribution in [0.2, 0.25) is 0 Å². The molecule has 16 heavy (non-hydrogen) atoms. The molecule has 1 heteroatoms. The van der Waals surface area contributed by atoms with Gasteiger partial charge in [0.2, 0.25) is 0 Å². The summed E-state index contributed by atoms with van der Waals surface area (Å²) in [6.45, 7) is 8.63. The largest absolute Gasteiger partial charge is 0.386 e. The molecule has 1 nitrogen and oxygen atoms in total. The van der Waals surface area contributed by atoms with Crippen LogP contribution in [0.3, 0.4) is 0 Å². The smallest absolute Gasteiger partial charge is 0.0802 e. The summed E-state index contributed by atoms with van der Waals surface area (Å²) >= 11 is 0. The zero-order valence-electron chi connectivity index (χ0n) is 11.2. The number of hydrogen-bond acceptors (Lipinski definition) is 1. The average molecular weight is 222 g/mol. The Labute approximate surface area is 100 Å². The summed E-state index contributed by atoms with van der Waals surface area (Å²) in [5.41, 5.74) is 0.832. The van der Waals surface area contributed by atoms with E-state index in [9.17, 15) is 5.11 Å². The number of allylic oxidation sites excluding steroid dienone is 3. The van der Waals surface area contributed by atoms with Crippen molar-refractivity contribution in [3.05, 3.63) is 23.8 Å². The molecule has 0 aromatic carbocycles. The van der Waals surface area contributed by atoms with Gasteiger partial charge in [0.05, 0.1) is 5.60 Å². The van der Waals surface area contributed by atoms with E-state index >= 15 is 0 Å². The molecule has 0 aromatic rings. The molecule has 0 fully saturated rings. The van der Waals surface area contributed by atoms with Crippen molar-refractivity contribution >= 4 is 0 Å². The van der Waals surface area contributed by atoms with E-state index in [-0.39, 0.29) is 0 Å². The Balaban J connectivity index is 2.79. The Morgan fingerprint density at radius 1 is 1.44 bits per heavy atom. The van der Waals surface area contributed by atoms with Crippen molar-refractivity contribution in [1.82, 2.24) is 0 Å². The van der Waals surface area contributed by atoms with Gasteiger partial charge in [-0.1, -0.05) is 37.6 Å². The molecular weight excluding hydrogens is 196 g/mol. The van der Waals surface area contributed by atoms with Gasteiger partial charge >= 0.3 is 0 Å². The topological polar surface area (TPSA) is 20.2 Å². The van der Waals surface area contributed by atoms with Crippen molar-refractivity contribution in [3.63, 3.8) is 0 Å². The maximum Gasteiger partial charge on any atom is 0.0802 e. The molecule has 0 spiro atoms. The van der Waals surface area contributed by atoms with Crippen molar-refractivity contribution in [3.8, 4) is 0 Å². The molecule has 1 unspecified atom stereocenters. The third-order valence-electron chi connectivity index (χ3n) is 3.57. The maximum atomic E-state index is 10.2. The standard InChI is InChI=1S/C15H26O/c1-12(2)14-8-7-13(3)6-5-10-15(4,16)11-9-14/h6,9,11-12,14,16H,5,7-8,10H2,1-4H3/b11-9-,13-6-/t14?,15-/m1/s1. The summed E-state index contributed by atoms with van der Waals surface area (Å²) in [4.78, 5) is 0. The van der Waals surface area contributed by atoms with Gasteiger partial charge in [-0.15, -0.1) is 0 Å². The quantitative estimate of drug-likeness (QED) is 0.663. The van der Waals surface area contributed by atoms with Crippen LogP contribution in [0.25, 0.3) is 0 Å². The van der Waals surface area contributed by atoms with E-state index in [0.717, 1.165) is 12.8 Å². The van der Waals surface area contributed by atoms with Gasteiger partial charge in [0, 0.05) is 0 Å². The first-order valence-electron chi connectivity index (χ1n) is 6.48. The van der Waals surface area contributed by atoms with Gasteiger partial charge in [0.15, 0.2) is 0 Å². The van der Waals surface area contributed by atoms with E-state index in [0.29, 0.717) is 11.8 Å². The predicted octanol–water partition coefficient (Wildman–Crippen LogP) is 4.09. The van der Waals surface area contributed by atoms with Crippen molar-refractivity contribution in [2.24, 2.45) is 11.8 Å². The molecular formula is C15H26O. The number of hydrogen-bond donors (Lipinski definition) is 1. The van der Waals surface area contributed by atoms with E-state index in [1.807, 2.05) is 13.0 Å². The summed E-state index contributed by atoms with van der Waals surface area (Å²) < 4.78 is 0. The van der Waals surface area contributed by atoms with Gasteiger partial charge in [-0.25, -0.2) is 0 Å². The first-order valence-corrected chi connectivity index (χ1v) is 6.48. The summed E-state index contributed by atoms with van der Waals surface area (Å²) in [5, 5.41) is 10.2. The molecule has 0 saturated heterocycles. The second-order valence-corrected chi connectivity index (χ2v) is 5.75. The number of aliphatic hydroxyl groups is 1. The zero-order valence-corrected chi connectivity index (χ0v) is 11.2. The normalized spacial score (nSPS) is 37.9. The van der Waals surface area contributed by atoms with Gasteiger partial charge in [-0.3, -0.25) is 0 Å². The molecule has 2 atom stereocenters. The van der Waals surface area contributed by atoms with Crippen LogP contribution in [0.1, 0.15) is 53.4 Å². The van der Waals surface area contributed by atoms with Crippen molar-refractivity contribution in [1.29, 1.82) is 0 Å². The first-order chi connectivity index (χ1) is 7.41. The Morgan fingerprint density at radius 3 is 2.75 bits per heavy atom. The van der Waals surface area contributed by atoms with E-state index in [2.05, 4.69) is 32.9 Å². The molecule has 0 heterocycles. The third-order valence-corrected chi connectivity index (χ3v) is 3.57. The lowest BCUT2D eigenvalue weighted by Gasteiger charge is -2.23. The molecule has 1 aliphatic carbocycles. The minimum absolute atomic E-state index is 0.591. The fourth-order valence-corrected chi connectivity index (χ4v) is 2.17. The highest BCUT2D eigenvalue weighted by Crippen LogP contribution is 2.25. The molecule has 0 saturated carbocycles. The first kappa shape index (κ1) is 13.5. The van der Waals surface area contributed by atoms with Crippen LogP contribution in [0.5, 0.6) is 0 Å². The second kappa shape index (κ2) is 5.67. The summed E-state index contributed by atoms with van der Waals surface area (Å²) in [7, 11) is 0. The van der Waals surface area contributed by atoms with Crippen LogP contribution in [-0.4, -0.2) is 10.7 Å². The van der Waals surface area contributed by atoms with Crippen LogP contribution in [0.4, 0.5) is 0 Å². The minimum atomic E-state index is -0.638. The van der Waals surface area contributed by atoms with Crippen LogP contribution in [-0.2, 0) is 0 Å². The Hall–Kier alpha value is -0.560. The third kappa shape index (κ3) is 4.52. The second-order valence-electron chi connectivity index (χ2n) is 5.75. The molecule has 1 N–H and O–H groups in total. The van der Waals surface area contributed by atoms with Crippen LogP contribution in [0.15, 0.2) is 23.8 Å². The highest BCUT2D eigenvalue weighted by Gasteiger charge is 2.18. The average Bonchev–Trinajstić information content (AvgIpc) is 2.16. The number of rotatable bonds is 1. The van der Waals surface area contributed by atoms with Gasteiger partial charge in [0.25, 0.3) is 0 Å². The van der Waals surface area contributed by atoms with Crippen LogP contribution < -0.4 is 0 Å². The molecule has 0 amide bonds. The zero-order chi connectivity index (χ0) is 12.2. The van der Waals surface area contributed by atoms with Gasteiger partial charge < -0.3 is 5.11 Å². The fraction of sp³-hybridized carbons (Fsp3) is 0.733. The Morgan fingerprint density at radius 2 is 2.12 bits per heavy atom. The van der Waals surface area contributed by atoms with Crippen molar-refractivity contribution < 1.29 is 5.11 Å². The molecule has 0 bridgehead atoms. The maximum absolute atomic E-state index is 10.2. The summed E-state index contributed by atoms with van der Waals surface area (Å²) in [6, 6.07) is 0. The highest BCUT2D eigenvalue weighted by atomic mass is 16.3. The van der Waals surface area contributed by atoms with Crippen LogP contribution in [0, 0.1) is 11.8 Å². The fourth-order valence-electron chi connectivity index (χ4n) is 2.17. The summed E-state index contributed by atoms with van der Waals surface area (Å²) in [6.07, 6.45) is 10.7. The highest BCUT2D eigenvalue weighted by molar-refractivity contribution is 5.07. The Bertz CT molecular complexity index is 271. The predicted molar refractivity (Wildman–Crippen MR) is 70.3 cm³/mol. The van der Waals surface area contributed by atoms with E-state index in [4.69, 9.17) is 0 Å². The lowest BCUT2D eigenvalue weighted by atomic mass is 9.86. The summed E-state index contributed by atoms with van der Waals surface area (Å²) in [5.74, 6) is 1.24. The molecule has 0 radical (unpaired) electrons. The monoisotopic (exact) mass is 222 g/mol. The minimum Gasteiger partial charge on any atom is -0.386 e. The van der Waals surface area contributed by atoms with Crippen molar-refractivity contribution in [2.75, 3.05) is 0 Å². The van der Waals surface area contributed by atoms with Gasteiger partial charge in [-0.05, 0) is 51.4 Å². The SMILES string of the molecule is C/C1=C/CC[C@@](C)(O)/C=C\C(C(C)C)CC1. The van der Waals surface area contributed by atoms with Crippen molar-refractivity contribution in [2.45, 2.75) is 59.0 Å². The molecule has 92 valence electrons. The lowest BCUT2D eigenvalue weighted by Crippen LogP contribution is -2.21. The van der Waals surface area contributed by atoms with E-state index in [1.165, 1.54) is 18.4 Å². The lowest BCUT2D eigenvalue weighted by molar-refractivity contribution is 0.102. The Kier molecular flexibility index (Phi) is 4.79. The van der Waals surface area contributed by atoms with E-state index in [1.54, 1.807) is 0 Å². The van der Waals surface area contributed by atoms with Crippen LogP contribution >= 0.6 is 0 Å². The van der Waals surface area contributed by atoms with Gasteiger partial charge in [0.1, 0.15) is 0 Å². The molecule has 1 aliphatic rings. The molecule has 1 rings (SSSR count). The van der Waals surface area contributed by atoms with E-state index < -0.39 is 5.60 Å². The van der Waals surface area contributed by atoms with Gasteiger partial charge in [-0.2, -0.15) is 0 Å². The molecule has 0 aromatic heterocycles.